The first-order valence-corrected chi connectivity index (χ1v) is 29.4. The zero-order valence-electron chi connectivity index (χ0n) is 45.8. The van der Waals surface area contributed by atoms with Crippen molar-refractivity contribution >= 4 is 163 Å². The van der Waals surface area contributed by atoms with E-state index >= 15 is 0 Å². The number of fused-ring (bicyclic) bond motifs is 12. The zero-order chi connectivity index (χ0) is 58.1. The molecule has 0 unspecified atom stereocenters. The molecule has 16 aromatic rings. The summed E-state index contributed by atoms with van der Waals surface area (Å²) in [6.07, 6.45) is -1.19. The van der Waals surface area contributed by atoms with Crippen LogP contribution in [0.5, 0.6) is 0 Å². The van der Waals surface area contributed by atoms with Crippen molar-refractivity contribution in [2.75, 3.05) is 0 Å². The van der Waals surface area contributed by atoms with Gasteiger partial charge >= 0.3 is 0 Å². The number of hydrogen-bond acceptors (Lipinski definition) is 2. The minimum absolute atomic E-state index is 0. The number of nitrogens with zero attached hydrogens (tertiary/aromatic N) is 1. The number of hydrogen-bond donors (Lipinski definition) is 1. The SMILES string of the molecule is Brc1cccc2[nH]c3ccccc3c12.Brc1cccc2c1c1ccccc1n2-c1ccc(-c2cccc(-c3ccccc3)c2)c2c1oc1ccccc12.C.Fc1ccc(-c2cccc(-c3ccccc3)c2)c2c1oc1ccccc12.[B]B([B])B([B])[B]. The molecule has 12 aromatic carbocycles. The van der Waals surface area contributed by atoms with E-state index in [4.69, 9.17) is 39.8 Å². The Morgan fingerprint density at radius 1 is 0.360 bits per heavy atom. The van der Waals surface area contributed by atoms with Crippen molar-refractivity contribution in [1.82, 2.24) is 9.55 Å². The van der Waals surface area contributed by atoms with Crippen LogP contribution in [0.1, 0.15) is 7.43 Å². The van der Waals surface area contributed by atoms with Crippen LogP contribution in [0.25, 0.3) is 138 Å². The molecular formula is C73H49B6Br2FN2O2. The van der Waals surface area contributed by atoms with Crippen LogP contribution in [-0.4, -0.2) is 53.3 Å². The molecule has 86 heavy (non-hydrogen) atoms. The summed E-state index contributed by atoms with van der Waals surface area (Å²) in [5.41, 5.74) is 17.6. The average molecular weight is 1230 g/mol. The normalized spacial score (nSPS) is 11.1. The van der Waals surface area contributed by atoms with Gasteiger partial charge in [0.25, 0.3) is 0 Å². The Kier molecular flexibility index (Phi) is 16.7. The lowest BCUT2D eigenvalue weighted by atomic mass is 8.81. The summed E-state index contributed by atoms with van der Waals surface area (Å²) < 4.78 is 31.4. The van der Waals surface area contributed by atoms with E-state index in [2.05, 4.69) is 229 Å². The predicted octanol–water partition coefficient (Wildman–Crippen LogP) is 20.3. The molecule has 0 aliphatic rings. The Labute approximate surface area is 521 Å². The number of benzene rings is 12. The molecule has 1 N–H and O–H groups in total. The van der Waals surface area contributed by atoms with Crippen LogP contribution in [0.15, 0.2) is 285 Å². The van der Waals surface area contributed by atoms with Crippen LogP contribution in [0.2, 0.25) is 0 Å². The second-order valence-electron chi connectivity index (χ2n) is 20.7. The molecule has 0 aliphatic heterocycles. The summed E-state index contributed by atoms with van der Waals surface area (Å²) in [6.45, 7) is 0. The number of halogens is 3. The van der Waals surface area contributed by atoms with Crippen LogP contribution < -0.4 is 0 Å². The van der Waals surface area contributed by atoms with Crippen molar-refractivity contribution in [1.29, 1.82) is 0 Å². The minimum atomic E-state index is -0.593. The summed E-state index contributed by atoms with van der Waals surface area (Å²) in [5, 5.41) is 8.97. The summed E-state index contributed by atoms with van der Waals surface area (Å²) in [4.78, 5) is 3.39. The molecule has 4 aromatic heterocycles. The quantitative estimate of drug-likeness (QED) is 0.169. The van der Waals surface area contributed by atoms with Crippen molar-refractivity contribution in [2.24, 2.45) is 0 Å². The molecule has 0 aliphatic carbocycles. The molecular weight excluding hydrogens is 1180 g/mol. The van der Waals surface area contributed by atoms with Gasteiger partial charge in [-0.3, -0.25) is 0 Å². The monoisotopic (exact) mass is 1230 g/mol. The van der Waals surface area contributed by atoms with Crippen LogP contribution in [-0.2, 0) is 0 Å². The molecule has 0 bridgehead atoms. The molecule has 13 heteroatoms. The highest BCUT2D eigenvalue weighted by Gasteiger charge is 2.22. The lowest BCUT2D eigenvalue weighted by molar-refractivity contribution is 0.584. The van der Waals surface area contributed by atoms with E-state index in [1.54, 1.807) is 0 Å². The zero-order valence-corrected chi connectivity index (χ0v) is 48.9. The molecule has 402 valence electrons. The third-order valence-electron chi connectivity index (χ3n) is 15.4. The van der Waals surface area contributed by atoms with Gasteiger partial charge in [-0.25, -0.2) is 4.39 Å². The second kappa shape index (κ2) is 25.0. The lowest BCUT2D eigenvalue weighted by Gasteiger charge is -2.12. The van der Waals surface area contributed by atoms with Gasteiger partial charge in [-0.1, -0.05) is 233 Å². The van der Waals surface area contributed by atoms with Gasteiger partial charge in [0, 0.05) is 107 Å². The van der Waals surface area contributed by atoms with Gasteiger partial charge in [0.15, 0.2) is 17.0 Å². The van der Waals surface area contributed by atoms with Gasteiger partial charge in [0.2, 0.25) is 0 Å². The van der Waals surface area contributed by atoms with Crippen LogP contribution >= 0.6 is 31.9 Å². The highest BCUT2D eigenvalue weighted by atomic mass is 79.9. The number of nitrogens with one attached hydrogen (secondary N) is 1. The topological polar surface area (TPSA) is 47.0 Å². The number of furan rings is 2. The fourth-order valence-corrected chi connectivity index (χ4v) is 12.5. The molecule has 0 amide bonds. The number of aromatic nitrogens is 2. The summed E-state index contributed by atoms with van der Waals surface area (Å²) >= 11 is 7.39. The van der Waals surface area contributed by atoms with E-state index in [0.29, 0.717) is 11.2 Å². The van der Waals surface area contributed by atoms with Gasteiger partial charge in [-0.15, -0.1) is 0 Å². The first-order chi connectivity index (χ1) is 41.6. The molecule has 0 saturated carbocycles. The van der Waals surface area contributed by atoms with E-state index in [-0.39, 0.29) is 13.2 Å². The Bertz CT molecular complexity index is 5090. The Hall–Kier alpha value is -8.88. The number of para-hydroxylation sites is 4. The van der Waals surface area contributed by atoms with E-state index in [0.717, 1.165) is 80.6 Å². The third-order valence-corrected chi connectivity index (χ3v) is 16.7. The molecule has 0 atom stereocenters. The molecule has 0 fully saturated rings. The second-order valence-corrected chi connectivity index (χ2v) is 22.4. The molecule has 0 spiro atoms. The maximum absolute atomic E-state index is 14.4. The number of H-pyrrole nitrogens is 1. The summed E-state index contributed by atoms with van der Waals surface area (Å²) in [5.74, 6) is -0.334. The molecule has 8 radical (unpaired) electrons. The number of aromatic amines is 1. The van der Waals surface area contributed by atoms with Gasteiger partial charge in [0.05, 0.1) is 16.7 Å². The molecule has 0 saturated heterocycles. The molecule has 4 heterocycles. The van der Waals surface area contributed by atoms with Crippen LogP contribution in [0.4, 0.5) is 4.39 Å². The van der Waals surface area contributed by atoms with Crippen molar-refractivity contribution < 1.29 is 13.2 Å². The Balaban J connectivity index is 0.000000132. The fourth-order valence-electron chi connectivity index (χ4n) is 11.4. The van der Waals surface area contributed by atoms with Gasteiger partial charge in [-0.05, 0) is 117 Å². The lowest BCUT2D eigenvalue weighted by Crippen LogP contribution is -2.38. The minimum Gasteiger partial charge on any atom is -0.454 e. The van der Waals surface area contributed by atoms with Gasteiger partial charge in [-0.2, -0.15) is 0 Å². The standard InChI is InChI=1S/C36H22BrNO.C24H15FO.C12H8BrN.CH4.B6/c37-29-16-9-18-31-35(29)27-14-4-6-17-30(27)38(31)32-21-20-26(34-28-15-5-7-19-33(28)39-36(32)34)25-13-8-12-24(22-25)23-10-2-1-3-11-23;25-21-14-13-19(23-20-11-4-5-12-22(20)26-24(21)23)18-10-6-9-17(15-18)16-7-2-1-3-8-16;13-9-5-3-7-11-12(9)8-4-1-2-6-10(8)14-11;;1-5(2)6(3)4/h1-22H;1-15H;1-7,14H;1H4;. The van der Waals surface area contributed by atoms with Crippen molar-refractivity contribution in [3.63, 3.8) is 0 Å². The van der Waals surface area contributed by atoms with E-state index in [1.165, 1.54) is 60.9 Å². The van der Waals surface area contributed by atoms with Crippen molar-refractivity contribution in [3.8, 4) is 50.2 Å². The van der Waals surface area contributed by atoms with Crippen LogP contribution in [0, 0.1) is 5.82 Å². The van der Waals surface area contributed by atoms with E-state index in [9.17, 15) is 4.39 Å². The predicted molar refractivity (Wildman–Crippen MR) is 376 cm³/mol. The van der Waals surface area contributed by atoms with E-state index < -0.39 is 12.8 Å². The molecule has 16 rings (SSSR count). The fraction of sp³-hybridized carbons (Fsp3) is 0.0137. The average Bonchev–Trinajstić information content (AvgIpc) is 1.76. The number of rotatable bonds is 6. The largest absolute Gasteiger partial charge is 0.454 e. The highest BCUT2D eigenvalue weighted by molar-refractivity contribution is 9.11. The first kappa shape index (κ1) is 57.5. The molecule has 4 nitrogen and oxygen atoms in total. The summed E-state index contributed by atoms with van der Waals surface area (Å²) in [7, 11) is 19.9. The smallest absolute Gasteiger partial charge is 0.171 e. The Morgan fingerprint density at radius 3 is 1.40 bits per heavy atom. The van der Waals surface area contributed by atoms with Crippen molar-refractivity contribution in [3.05, 3.63) is 282 Å². The summed E-state index contributed by atoms with van der Waals surface area (Å²) in [6, 6.07) is 91.3. The Morgan fingerprint density at radius 2 is 0.791 bits per heavy atom. The maximum Gasteiger partial charge on any atom is 0.171 e. The highest BCUT2D eigenvalue weighted by Crippen LogP contribution is 2.45. The first-order valence-electron chi connectivity index (χ1n) is 27.8. The van der Waals surface area contributed by atoms with Gasteiger partial charge in [0.1, 0.15) is 11.2 Å². The third kappa shape index (κ3) is 11.1. The van der Waals surface area contributed by atoms with Crippen LogP contribution in [0.3, 0.4) is 0 Å². The van der Waals surface area contributed by atoms with Crippen molar-refractivity contribution in [2.45, 2.75) is 7.43 Å². The maximum atomic E-state index is 14.4. The van der Waals surface area contributed by atoms with E-state index in [1.807, 2.05) is 72.8 Å². The van der Waals surface area contributed by atoms with Gasteiger partial charge < -0.3 is 18.4 Å².